The topological polar surface area (TPSA) is 69.3 Å². The molecule has 2 heterocycles. The van der Waals surface area contributed by atoms with Gasteiger partial charge in [-0.05, 0) is 25.3 Å². The van der Waals surface area contributed by atoms with Crippen LogP contribution >= 0.6 is 0 Å². The van der Waals surface area contributed by atoms with Gasteiger partial charge in [-0.1, -0.05) is 0 Å². The van der Waals surface area contributed by atoms with Gasteiger partial charge in [0.25, 0.3) is 5.91 Å². The minimum Gasteiger partial charge on any atom is -0.441 e. The van der Waals surface area contributed by atoms with E-state index in [4.69, 9.17) is 9.68 Å². The molecule has 100 valence electrons. The van der Waals surface area contributed by atoms with Gasteiger partial charge in [0, 0.05) is 32.3 Å². The Morgan fingerprint density at radius 3 is 2.79 bits per heavy atom. The van der Waals surface area contributed by atoms with E-state index in [0.717, 1.165) is 19.0 Å². The van der Waals surface area contributed by atoms with Gasteiger partial charge in [0.05, 0.1) is 0 Å². The molecule has 0 bridgehead atoms. The van der Waals surface area contributed by atoms with Gasteiger partial charge in [-0.2, -0.15) is 5.26 Å². The molecule has 5 heteroatoms. The zero-order valence-electron chi connectivity index (χ0n) is 11.0. The molecule has 1 aliphatic rings. The summed E-state index contributed by atoms with van der Waals surface area (Å²) in [5.74, 6) is 0.930. The molecular weight excluding hydrogens is 242 g/mol. The van der Waals surface area contributed by atoms with Crippen molar-refractivity contribution in [1.82, 2.24) is 5.32 Å². The summed E-state index contributed by atoms with van der Waals surface area (Å²) < 4.78 is 5.67. The van der Waals surface area contributed by atoms with E-state index in [9.17, 15) is 4.79 Å². The molecule has 1 aliphatic heterocycles. The lowest BCUT2D eigenvalue weighted by Gasteiger charge is -2.25. The quantitative estimate of drug-likeness (QED) is 0.665. The number of anilines is 1. The number of rotatable bonds is 3. The summed E-state index contributed by atoms with van der Waals surface area (Å²) in [6.07, 6.45) is 5.08. The Bertz CT molecular complexity index is 519. The van der Waals surface area contributed by atoms with Gasteiger partial charge in [0.15, 0.2) is 5.88 Å². The molecule has 0 unspecified atom stereocenters. The van der Waals surface area contributed by atoms with Gasteiger partial charge >= 0.3 is 0 Å². The summed E-state index contributed by atoms with van der Waals surface area (Å²) in [6.45, 7) is 1.99. The number of carbonyl (C=O) groups excluding carboxylic acids is 1. The molecule has 1 amide bonds. The zero-order chi connectivity index (χ0) is 13.7. The largest absolute Gasteiger partial charge is 0.441 e. The van der Waals surface area contributed by atoms with Crippen molar-refractivity contribution in [3.63, 3.8) is 0 Å². The third kappa shape index (κ3) is 3.16. The van der Waals surface area contributed by atoms with Crippen molar-refractivity contribution in [2.24, 2.45) is 0 Å². The Balaban J connectivity index is 2.14. The maximum atomic E-state index is 11.4. The van der Waals surface area contributed by atoms with Crippen molar-refractivity contribution in [3.05, 3.63) is 23.5 Å². The van der Waals surface area contributed by atoms with Crippen molar-refractivity contribution < 1.29 is 9.21 Å². The van der Waals surface area contributed by atoms with Crippen LogP contribution in [0.1, 0.15) is 25.0 Å². The maximum Gasteiger partial charge on any atom is 0.261 e. The fourth-order valence-corrected chi connectivity index (χ4v) is 2.13. The highest BCUT2D eigenvalue weighted by Gasteiger charge is 2.14. The molecule has 0 aliphatic carbocycles. The Kier molecular flexibility index (Phi) is 4.24. The van der Waals surface area contributed by atoms with Gasteiger partial charge in [0.1, 0.15) is 17.4 Å². The van der Waals surface area contributed by atoms with Crippen LogP contribution in [0.5, 0.6) is 0 Å². The second-order valence-corrected chi connectivity index (χ2v) is 4.47. The average Bonchev–Trinajstić information content (AvgIpc) is 2.93. The van der Waals surface area contributed by atoms with Crippen LogP contribution in [0.4, 0.5) is 5.88 Å². The van der Waals surface area contributed by atoms with Crippen LogP contribution in [0.15, 0.2) is 22.1 Å². The van der Waals surface area contributed by atoms with E-state index in [2.05, 4.69) is 10.2 Å². The number of carbonyl (C=O) groups is 1. The number of hydrogen-bond donors (Lipinski definition) is 1. The summed E-state index contributed by atoms with van der Waals surface area (Å²) in [4.78, 5) is 13.6. The molecule has 1 N–H and O–H groups in total. The third-order valence-electron chi connectivity index (χ3n) is 3.16. The Morgan fingerprint density at radius 1 is 1.42 bits per heavy atom. The zero-order valence-corrected chi connectivity index (χ0v) is 11.0. The van der Waals surface area contributed by atoms with Crippen molar-refractivity contribution >= 4 is 17.9 Å². The molecule has 0 atom stereocenters. The molecular formula is C14H17N3O2. The molecule has 5 nitrogen and oxygen atoms in total. The molecule has 0 spiro atoms. The number of nitriles is 1. The first-order valence-corrected chi connectivity index (χ1v) is 6.43. The molecule has 1 aromatic heterocycles. The van der Waals surface area contributed by atoms with E-state index in [-0.39, 0.29) is 5.57 Å². The van der Waals surface area contributed by atoms with E-state index in [1.807, 2.05) is 12.1 Å². The van der Waals surface area contributed by atoms with E-state index < -0.39 is 5.91 Å². The van der Waals surface area contributed by atoms with Crippen molar-refractivity contribution in [3.8, 4) is 6.07 Å². The third-order valence-corrected chi connectivity index (χ3v) is 3.16. The van der Waals surface area contributed by atoms with E-state index in [1.165, 1.54) is 32.4 Å². The summed E-state index contributed by atoms with van der Waals surface area (Å²) >= 11 is 0. The van der Waals surface area contributed by atoms with Crippen LogP contribution in [-0.4, -0.2) is 26.0 Å². The number of furan rings is 1. The number of hydrogen-bond acceptors (Lipinski definition) is 4. The van der Waals surface area contributed by atoms with Crippen molar-refractivity contribution in [2.75, 3.05) is 25.0 Å². The summed E-state index contributed by atoms with van der Waals surface area (Å²) in [7, 11) is 1.49. The molecule has 1 aromatic rings. The molecule has 19 heavy (non-hydrogen) atoms. The summed E-state index contributed by atoms with van der Waals surface area (Å²) in [6, 6.07) is 5.53. The highest BCUT2D eigenvalue weighted by atomic mass is 16.4. The van der Waals surface area contributed by atoms with Gasteiger partial charge < -0.3 is 14.6 Å². The average molecular weight is 259 g/mol. The number of amides is 1. The normalized spacial score (nSPS) is 16.0. The summed E-state index contributed by atoms with van der Waals surface area (Å²) in [5, 5.41) is 11.3. The molecule has 1 saturated heterocycles. The number of piperidine rings is 1. The van der Waals surface area contributed by atoms with E-state index >= 15 is 0 Å². The second-order valence-electron chi connectivity index (χ2n) is 4.47. The number of nitrogens with one attached hydrogen (secondary N) is 1. The van der Waals surface area contributed by atoms with E-state index in [0.29, 0.717) is 5.76 Å². The lowest BCUT2D eigenvalue weighted by Crippen LogP contribution is -2.28. The van der Waals surface area contributed by atoms with Crippen LogP contribution in [0.3, 0.4) is 0 Å². The molecule has 2 rings (SSSR count). The lowest BCUT2D eigenvalue weighted by atomic mass is 10.1. The highest BCUT2D eigenvalue weighted by molar-refractivity contribution is 6.01. The highest BCUT2D eigenvalue weighted by Crippen LogP contribution is 2.23. The SMILES string of the molecule is CNC(=O)/C(C#N)=C/c1ccc(N2CCCCC2)o1. The molecule has 1 fully saturated rings. The lowest BCUT2D eigenvalue weighted by molar-refractivity contribution is -0.116. The smallest absolute Gasteiger partial charge is 0.261 e. The molecule has 0 aromatic carbocycles. The van der Waals surface area contributed by atoms with Gasteiger partial charge in [-0.25, -0.2) is 0 Å². The first-order chi connectivity index (χ1) is 9.24. The number of nitrogens with zero attached hydrogens (tertiary/aromatic N) is 2. The Morgan fingerprint density at radius 2 is 2.16 bits per heavy atom. The first-order valence-electron chi connectivity index (χ1n) is 6.43. The van der Waals surface area contributed by atoms with Gasteiger partial charge in [-0.3, -0.25) is 4.79 Å². The van der Waals surface area contributed by atoms with Crippen LogP contribution in [-0.2, 0) is 4.79 Å². The Hall–Kier alpha value is -2.22. The first kappa shape index (κ1) is 13.2. The van der Waals surface area contributed by atoms with Gasteiger partial charge in [0.2, 0.25) is 0 Å². The van der Waals surface area contributed by atoms with E-state index in [1.54, 1.807) is 6.07 Å². The predicted octanol–water partition coefficient (Wildman–Crippen LogP) is 1.92. The van der Waals surface area contributed by atoms with Crippen LogP contribution < -0.4 is 10.2 Å². The monoisotopic (exact) mass is 259 g/mol. The van der Waals surface area contributed by atoms with Crippen LogP contribution in [0.25, 0.3) is 6.08 Å². The fourth-order valence-electron chi connectivity index (χ4n) is 2.13. The van der Waals surface area contributed by atoms with Crippen molar-refractivity contribution in [2.45, 2.75) is 19.3 Å². The maximum absolute atomic E-state index is 11.4. The van der Waals surface area contributed by atoms with Gasteiger partial charge in [-0.15, -0.1) is 0 Å². The van der Waals surface area contributed by atoms with Crippen molar-refractivity contribution in [1.29, 1.82) is 5.26 Å². The minimum atomic E-state index is -0.404. The fraction of sp³-hybridized carbons (Fsp3) is 0.429. The molecule has 0 saturated carbocycles. The number of likely N-dealkylation sites (N-methyl/N-ethyl adjacent to an activating group) is 1. The Labute approximate surface area is 112 Å². The predicted molar refractivity (Wildman–Crippen MR) is 72.4 cm³/mol. The standard InChI is InChI=1S/C14H17N3O2/c1-16-14(18)11(10-15)9-12-5-6-13(19-12)17-7-3-2-4-8-17/h5-6,9H,2-4,7-8H2,1H3,(H,16,18)/b11-9+. The van der Waals surface area contributed by atoms with Crippen LogP contribution in [0.2, 0.25) is 0 Å². The summed E-state index contributed by atoms with van der Waals surface area (Å²) in [5.41, 5.74) is 0.0436. The second kappa shape index (κ2) is 6.10. The minimum absolute atomic E-state index is 0.0436. The molecule has 0 radical (unpaired) electrons. The van der Waals surface area contributed by atoms with Crippen LogP contribution in [0, 0.1) is 11.3 Å².